The predicted molar refractivity (Wildman–Crippen MR) is 110 cm³/mol. The van der Waals surface area contributed by atoms with Crippen LogP contribution in [0, 0.1) is 0 Å². The quantitative estimate of drug-likeness (QED) is 0.613. The molecule has 6 nitrogen and oxygen atoms in total. The highest BCUT2D eigenvalue weighted by molar-refractivity contribution is 7.14. The maximum absolute atomic E-state index is 12.1. The summed E-state index contributed by atoms with van der Waals surface area (Å²) in [4.78, 5) is 28.6. The third kappa shape index (κ3) is 5.40. The van der Waals surface area contributed by atoms with Crippen LogP contribution in [0.1, 0.15) is 21.6 Å². The van der Waals surface area contributed by atoms with Crippen LogP contribution in [0.15, 0.2) is 60.0 Å². The van der Waals surface area contributed by atoms with Gasteiger partial charge in [-0.05, 0) is 30.2 Å². The standard InChI is InChI=1S/C21H21N3O3S/c1-27-18-10-6-5-7-15(18)11-12-22-19(25)13-17-14-28-21(23-17)24-20(26)16-8-3-2-4-9-16/h2-10,14H,11-13H2,1H3,(H,22,25)(H,23,24,26). The Hall–Kier alpha value is -3.19. The van der Waals surface area contributed by atoms with Crippen molar-refractivity contribution in [2.75, 3.05) is 19.0 Å². The van der Waals surface area contributed by atoms with E-state index in [1.807, 2.05) is 30.3 Å². The number of para-hydroxylation sites is 1. The molecule has 2 N–H and O–H groups in total. The summed E-state index contributed by atoms with van der Waals surface area (Å²) in [5.41, 5.74) is 2.24. The van der Waals surface area contributed by atoms with Crippen LogP contribution in [0.4, 0.5) is 5.13 Å². The van der Waals surface area contributed by atoms with Crippen LogP contribution >= 0.6 is 11.3 Å². The number of methoxy groups -OCH3 is 1. The minimum Gasteiger partial charge on any atom is -0.496 e. The number of benzene rings is 2. The molecule has 2 aromatic carbocycles. The second kappa shape index (κ2) is 9.66. The van der Waals surface area contributed by atoms with E-state index in [-0.39, 0.29) is 18.2 Å². The van der Waals surface area contributed by atoms with Gasteiger partial charge in [0, 0.05) is 17.5 Å². The Kier molecular flexibility index (Phi) is 6.75. The number of carbonyl (C=O) groups excluding carboxylic acids is 2. The summed E-state index contributed by atoms with van der Waals surface area (Å²) in [6, 6.07) is 16.7. The fraction of sp³-hybridized carbons (Fsp3) is 0.190. The molecule has 7 heteroatoms. The van der Waals surface area contributed by atoms with E-state index in [1.165, 1.54) is 11.3 Å². The van der Waals surface area contributed by atoms with Crippen molar-refractivity contribution in [3.63, 3.8) is 0 Å². The molecular weight excluding hydrogens is 374 g/mol. The largest absolute Gasteiger partial charge is 0.496 e. The molecule has 0 unspecified atom stereocenters. The Labute approximate surface area is 167 Å². The van der Waals surface area contributed by atoms with E-state index in [4.69, 9.17) is 4.74 Å². The molecule has 0 aliphatic heterocycles. The van der Waals surface area contributed by atoms with Gasteiger partial charge in [0.15, 0.2) is 5.13 Å². The van der Waals surface area contributed by atoms with Crippen molar-refractivity contribution in [1.82, 2.24) is 10.3 Å². The molecule has 0 spiro atoms. The van der Waals surface area contributed by atoms with Crippen molar-refractivity contribution in [3.05, 3.63) is 76.8 Å². The van der Waals surface area contributed by atoms with Crippen LogP contribution < -0.4 is 15.4 Å². The summed E-state index contributed by atoms with van der Waals surface area (Å²) < 4.78 is 5.31. The lowest BCUT2D eigenvalue weighted by Crippen LogP contribution is -2.27. The number of rotatable bonds is 8. The van der Waals surface area contributed by atoms with Crippen molar-refractivity contribution in [1.29, 1.82) is 0 Å². The number of hydrogen-bond donors (Lipinski definition) is 2. The molecule has 144 valence electrons. The molecule has 0 fully saturated rings. The first kappa shape index (κ1) is 19.6. The lowest BCUT2D eigenvalue weighted by atomic mass is 10.1. The van der Waals surface area contributed by atoms with Gasteiger partial charge in [0.05, 0.1) is 19.2 Å². The van der Waals surface area contributed by atoms with Crippen molar-refractivity contribution in [2.24, 2.45) is 0 Å². The molecule has 3 aromatic rings. The highest BCUT2D eigenvalue weighted by Gasteiger charge is 2.11. The van der Waals surface area contributed by atoms with Crippen LogP contribution in [0.5, 0.6) is 5.75 Å². The lowest BCUT2D eigenvalue weighted by Gasteiger charge is -2.08. The Morgan fingerprint density at radius 2 is 1.82 bits per heavy atom. The maximum Gasteiger partial charge on any atom is 0.257 e. The fourth-order valence-electron chi connectivity index (χ4n) is 2.68. The Bertz CT molecular complexity index is 941. The topological polar surface area (TPSA) is 80.3 Å². The van der Waals surface area contributed by atoms with E-state index >= 15 is 0 Å². The van der Waals surface area contributed by atoms with Gasteiger partial charge in [-0.1, -0.05) is 36.4 Å². The second-order valence-electron chi connectivity index (χ2n) is 6.05. The molecule has 0 atom stereocenters. The molecule has 2 amide bonds. The molecule has 1 aromatic heterocycles. The number of carbonyl (C=O) groups is 2. The SMILES string of the molecule is COc1ccccc1CCNC(=O)Cc1csc(NC(=O)c2ccccc2)n1. The molecule has 28 heavy (non-hydrogen) atoms. The predicted octanol–water partition coefficient (Wildman–Crippen LogP) is 3.31. The highest BCUT2D eigenvalue weighted by atomic mass is 32.1. The van der Waals surface area contributed by atoms with E-state index in [1.54, 1.807) is 36.8 Å². The van der Waals surface area contributed by atoms with E-state index in [0.717, 1.165) is 11.3 Å². The third-order valence-corrected chi connectivity index (χ3v) is 4.87. The molecule has 0 saturated carbocycles. The van der Waals surface area contributed by atoms with Crippen molar-refractivity contribution < 1.29 is 14.3 Å². The zero-order valence-electron chi connectivity index (χ0n) is 15.5. The molecule has 0 bridgehead atoms. The number of thiazole rings is 1. The molecule has 0 aliphatic carbocycles. The molecular formula is C21H21N3O3S. The number of nitrogens with one attached hydrogen (secondary N) is 2. The number of ether oxygens (including phenoxy) is 1. The molecule has 0 radical (unpaired) electrons. The summed E-state index contributed by atoms with van der Waals surface area (Å²) in [7, 11) is 1.63. The number of anilines is 1. The Morgan fingerprint density at radius 3 is 2.61 bits per heavy atom. The van der Waals surface area contributed by atoms with Crippen LogP contribution in [-0.4, -0.2) is 30.5 Å². The summed E-state index contributed by atoms with van der Waals surface area (Å²) in [5, 5.41) is 7.90. The van der Waals surface area contributed by atoms with Gasteiger partial charge < -0.3 is 10.1 Å². The van der Waals surface area contributed by atoms with E-state index in [0.29, 0.717) is 29.4 Å². The lowest BCUT2D eigenvalue weighted by molar-refractivity contribution is -0.120. The van der Waals surface area contributed by atoms with Crippen molar-refractivity contribution in [3.8, 4) is 5.75 Å². The first-order valence-corrected chi connectivity index (χ1v) is 9.73. The summed E-state index contributed by atoms with van der Waals surface area (Å²) in [6.07, 6.45) is 0.856. The minimum atomic E-state index is -0.220. The van der Waals surface area contributed by atoms with E-state index < -0.39 is 0 Å². The van der Waals surface area contributed by atoms with E-state index in [2.05, 4.69) is 15.6 Å². The number of aromatic nitrogens is 1. The van der Waals surface area contributed by atoms with Gasteiger partial charge in [-0.25, -0.2) is 4.98 Å². The average Bonchev–Trinajstić information content (AvgIpc) is 3.15. The number of nitrogens with zero attached hydrogens (tertiary/aromatic N) is 1. The zero-order valence-corrected chi connectivity index (χ0v) is 16.3. The van der Waals surface area contributed by atoms with Gasteiger partial charge in [-0.15, -0.1) is 11.3 Å². The minimum absolute atomic E-state index is 0.110. The van der Waals surface area contributed by atoms with Gasteiger partial charge in [0.2, 0.25) is 5.91 Å². The van der Waals surface area contributed by atoms with Gasteiger partial charge >= 0.3 is 0 Å². The van der Waals surface area contributed by atoms with Crippen LogP contribution in [0.3, 0.4) is 0 Å². The summed E-state index contributed by atoms with van der Waals surface area (Å²) in [5.74, 6) is 0.485. The Morgan fingerprint density at radius 1 is 1.07 bits per heavy atom. The average molecular weight is 395 g/mol. The molecule has 0 aliphatic rings. The summed E-state index contributed by atoms with van der Waals surface area (Å²) >= 11 is 1.30. The van der Waals surface area contributed by atoms with Gasteiger partial charge in [0.25, 0.3) is 5.91 Å². The first-order valence-electron chi connectivity index (χ1n) is 8.85. The highest BCUT2D eigenvalue weighted by Crippen LogP contribution is 2.18. The van der Waals surface area contributed by atoms with Crippen LogP contribution in [-0.2, 0) is 17.6 Å². The van der Waals surface area contributed by atoms with Crippen LogP contribution in [0.2, 0.25) is 0 Å². The normalized spacial score (nSPS) is 10.3. The first-order chi connectivity index (χ1) is 13.7. The zero-order chi connectivity index (χ0) is 19.8. The summed E-state index contributed by atoms with van der Waals surface area (Å²) in [6.45, 7) is 0.515. The molecule has 1 heterocycles. The van der Waals surface area contributed by atoms with Crippen molar-refractivity contribution in [2.45, 2.75) is 12.8 Å². The van der Waals surface area contributed by atoms with E-state index in [9.17, 15) is 9.59 Å². The van der Waals surface area contributed by atoms with Gasteiger partial charge in [-0.2, -0.15) is 0 Å². The monoisotopic (exact) mass is 395 g/mol. The number of amides is 2. The van der Waals surface area contributed by atoms with Gasteiger partial charge in [0.1, 0.15) is 5.75 Å². The smallest absolute Gasteiger partial charge is 0.257 e. The number of hydrogen-bond acceptors (Lipinski definition) is 5. The second-order valence-corrected chi connectivity index (χ2v) is 6.91. The molecule has 3 rings (SSSR count). The maximum atomic E-state index is 12.1. The fourth-order valence-corrected chi connectivity index (χ4v) is 3.38. The third-order valence-electron chi connectivity index (χ3n) is 4.06. The van der Waals surface area contributed by atoms with Crippen molar-refractivity contribution >= 4 is 28.3 Å². The van der Waals surface area contributed by atoms with Gasteiger partial charge in [-0.3, -0.25) is 14.9 Å². The van der Waals surface area contributed by atoms with Crippen LogP contribution in [0.25, 0.3) is 0 Å². The molecule has 0 saturated heterocycles. The Balaban J connectivity index is 1.47.